The summed E-state index contributed by atoms with van der Waals surface area (Å²) in [6.45, 7) is 3.90. The number of hydrogen-bond acceptors (Lipinski definition) is 4. The summed E-state index contributed by atoms with van der Waals surface area (Å²) in [5.74, 6) is 0.920. The van der Waals surface area contributed by atoms with Gasteiger partial charge in [-0.2, -0.15) is 5.26 Å². The maximum absolute atomic E-state index is 11.8. The molecule has 0 bridgehead atoms. The molecule has 1 saturated heterocycles. The zero-order valence-corrected chi connectivity index (χ0v) is 14.8. The number of nitrogens with one attached hydrogen (secondary N) is 1. The van der Waals surface area contributed by atoms with Crippen molar-refractivity contribution >= 4 is 46.6 Å². The van der Waals surface area contributed by atoms with E-state index in [9.17, 15) is 10.1 Å². The molecule has 1 N–H and O–H groups in total. The standard InChI is InChI=1S/C16H17ClN2OS2/c1-10(2)19-15(20)7-13-9-21-16(22-13)14(8-18)11-3-5-12(17)6-4-11/h3-6,10,13H,7,9H2,1-2H3,(H,19,20)/b16-14+/t13-/m0/s1. The van der Waals surface area contributed by atoms with Gasteiger partial charge in [0.05, 0.1) is 9.81 Å². The molecule has 3 nitrogen and oxygen atoms in total. The fourth-order valence-corrected chi connectivity index (χ4v) is 5.12. The van der Waals surface area contributed by atoms with Crippen LogP contribution in [0.1, 0.15) is 25.8 Å². The lowest BCUT2D eigenvalue weighted by molar-refractivity contribution is -0.121. The van der Waals surface area contributed by atoms with Crippen LogP contribution in [0, 0.1) is 11.3 Å². The number of amides is 1. The molecule has 0 spiro atoms. The molecular weight excluding hydrogens is 336 g/mol. The molecule has 1 aromatic rings. The second kappa shape index (κ2) is 7.96. The zero-order chi connectivity index (χ0) is 16.1. The minimum atomic E-state index is 0.0688. The van der Waals surface area contributed by atoms with Crippen LogP contribution in [0.15, 0.2) is 28.5 Å². The summed E-state index contributed by atoms with van der Waals surface area (Å²) in [7, 11) is 0. The first-order valence-electron chi connectivity index (χ1n) is 6.98. The Kier molecular flexibility index (Phi) is 6.25. The molecular formula is C16H17ClN2OS2. The third-order valence-corrected chi connectivity index (χ3v) is 6.21. The summed E-state index contributed by atoms with van der Waals surface area (Å²) in [5.41, 5.74) is 1.53. The molecule has 0 aromatic heterocycles. The van der Waals surface area contributed by atoms with Crippen molar-refractivity contribution in [2.45, 2.75) is 31.6 Å². The summed E-state index contributed by atoms with van der Waals surface area (Å²) in [4.78, 5) is 11.8. The Labute approximate surface area is 144 Å². The molecule has 0 unspecified atom stereocenters. The van der Waals surface area contributed by atoms with Crippen molar-refractivity contribution in [1.29, 1.82) is 5.26 Å². The second-order valence-corrected chi connectivity index (χ2v) is 8.29. The second-order valence-electron chi connectivity index (χ2n) is 5.26. The number of nitriles is 1. The normalized spacial score (nSPS) is 19.9. The van der Waals surface area contributed by atoms with Crippen molar-refractivity contribution in [2.24, 2.45) is 0 Å². The van der Waals surface area contributed by atoms with E-state index in [0.717, 1.165) is 15.6 Å². The Balaban J connectivity index is 2.08. The van der Waals surface area contributed by atoms with Crippen molar-refractivity contribution in [3.8, 4) is 6.07 Å². The fourth-order valence-electron chi connectivity index (χ4n) is 2.05. The number of benzene rings is 1. The summed E-state index contributed by atoms with van der Waals surface area (Å²) in [5, 5.41) is 13.2. The van der Waals surface area contributed by atoms with Gasteiger partial charge in [-0.3, -0.25) is 4.79 Å². The number of nitrogens with zero attached hydrogens (tertiary/aromatic N) is 1. The average molecular weight is 353 g/mol. The average Bonchev–Trinajstić information content (AvgIpc) is 2.89. The molecule has 22 heavy (non-hydrogen) atoms. The highest BCUT2D eigenvalue weighted by Crippen LogP contribution is 2.46. The number of carbonyl (C=O) groups is 1. The fraction of sp³-hybridized carbons (Fsp3) is 0.375. The molecule has 1 heterocycles. The first-order valence-corrected chi connectivity index (χ1v) is 9.23. The van der Waals surface area contributed by atoms with E-state index < -0.39 is 0 Å². The Morgan fingerprint density at radius 1 is 1.45 bits per heavy atom. The largest absolute Gasteiger partial charge is 0.354 e. The van der Waals surface area contributed by atoms with E-state index in [0.29, 0.717) is 17.0 Å². The van der Waals surface area contributed by atoms with Crippen molar-refractivity contribution in [1.82, 2.24) is 5.32 Å². The number of carbonyl (C=O) groups excluding carboxylic acids is 1. The Morgan fingerprint density at radius 2 is 2.14 bits per heavy atom. The lowest BCUT2D eigenvalue weighted by Gasteiger charge is -2.11. The van der Waals surface area contributed by atoms with Gasteiger partial charge in [0.15, 0.2) is 0 Å². The number of halogens is 1. The van der Waals surface area contributed by atoms with E-state index in [1.165, 1.54) is 0 Å². The minimum absolute atomic E-state index is 0.0688. The van der Waals surface area contributed by atoms with Crippen molar-refractivity contribution < 1.29 is 4.79 Å². The van der Waals surface area contributed by atoms with Gasteiger partial charge in [-0.15, -0.1) is 23.5 Å². The van der Waals surface area contributed by atoms with Crippen LogP contribution >= 0.6 is 35.1 Å². The van der Waals surface area contributed by atoms with Crippen LogP contribution in [0.25, 0.3) is 5.57 Å². The van der Waals surface area contributed by atoms with Crippen LogP contribution in [0.5, 0.6) is 0 Å². The van der Waals surface area contributed by atoms with E-state index >= 15 is 0 Å². The van der Waals surface area contributed by atoms with E-state index in [2.05, 4.69) is 11.4 Å². The monoisotopic (exact) mass is 352 g/mol. The Morgan fingerprint density at radius 3 is 2.73 bits per heavy atom. The SMILES string of the molecule is CC(C)NC(=O)C[C@H]1CS/C(=C(/C#N)c2ccc(Cl)cc2)S1. The molecule has 0 saturated carbocycles. The third-order valence-electron chi connectivity index (χ3n) is 2.99. The molecule has 0 radical (unpaired) electrons. The van der Waals surface area contributed by atoms with E-state index in [-0.39, 0.29) is 17.2 Å². The first-order chi connectivity index (χ1) is 10.5. The summed E-state index contributed by atoms with van der Waals surface area (Å²) in [6.07, 6.45) is 0.485. The van der Waals surface area contributed by atoms with Crippen LogP contribution < -0.4 is 5.32 Å². The topological polar surface area (TPSA) is 52.9 Å². The van der Waals surface area contributed by atoms with Crippen molar-refractivity contribution in [2.75, 3.05) is 5.75 Å². The van der Waals surface area contributed by atoms with Gasteiger partial charge in [-0.25, -0.2) is 0 Å². The number of thioether (sulfide) groups is 2. The van der Waals surface area contributed by atoms with E-state index in [1.54, 1.807) is 35.7 Å². The van der Waals surface area contributed by atoms with Crippen LogP contribution in [0.4, 0.5) is 0 Å². The van der Waals surface area contributed by atoms with Gasteiger partial charge in [0.1, 0.15) is 6.07 Å². The highest BCUT2D eigenvalue weighted by molar-refractivity contribution is 8.25. The first kappa shape index (κ1) is 17.3. The highest BCUT2D eigenvalue weighted by Gasteiger charge is 2.26. The number of rotatable bonds is 4. The summed E-state index contributed by atoms with van der Waals surface area (Å²) in [6, 6.07) is 9.72. The Bertz CT molecular complexity index is 620. The van der Waals surface area contributed by atoms with E-state index in [1.807, 2.05) is 26.0 Å². The quantitative estimate of drug-likeness (QED) is 0.821. The molecule has 1 aliphatic rings. The molecule has 0 aliphatic carbocycles. The van der Waals surface area contributed by atoms with Crippen LogP contribution in [-0.4, -0.2) is 23.0 Å². The predicted molar refractivity (Wildman–Crippen MR) is 95.7 cm³/mol. The molecule has 1 fully saturated rings. The number of hydrogen-bond donors (Lipinski definition) is 1. The van der Waals surface area contributed by atoms with Crippen LogP contribution in [0.3, 0.4) is 0 Å². The molecule has 6 heteroatoms. The van der Waals surface area contributed by atoms with Crippen molar-refractivity contribution in [3.63, 3.8) is 0 Å². The lowest BCUT2D eigenvalue weighted by Crippen LogP contribution is -2.32. The third kappa shape index (κ3) is 4.70. The molecule has 1 amide bonds. The van der Waals surface area contributed by atoms with E-state index in [4.69, 9.17) is 11.6 Å². The van der Waals surface area contributed by atoms with Gasteiger partial charge < -0.3 is 5.32 Å². The van der Waals surface area contributed by atoms with Gasteiger partial charge in [-0.1, -0.05) is 23.7 Å². The Hall–Kier alpha value is -1.09. The molecule has 1 aliphatic heterocycles. The van der Waals surface area contributed by atoms with Gasteiger partial charge in [0.2, 0.25) is 5.91 Å². The molecule has 1 aromatic carbocycles. The highest BCUT2D eigenvalue weighted by atomic mass is 35.5. The predicted octanol–water partition coefficient (Wildman–Crippen LogP) is 4.30. The molecule has 1 atom stereocenters. The van der Waals surface area contributed by atoms with Gasteiger partial charge in [0.25, 0.3) is 0 Å². The smallest absolute Gasteiger partial charge is 0.221 e. The zero-order valence-electron chi connectivity index (χ0n) is 12.4. The van der Waals surface area contributed by atoms with Gasteiger partial charge in [-0.05, 0) is 31.5 Å². The summed E-state index contributed by atoms with van der Waals surface area (Å²) < 4.78 is 0.993. The molecule has 2 rings (SSSR count). The van der Waals surface area contributed by atoms with Gasteiger partial charge >= 0.3 is 0 Å². The molecule has 116 valence electrons. The van der Waals surface area contributed by atoms with Gasteiger partial charge in [0, 0.05) is 28.5 Å². The van der Waals surface area contributed by atoms with Crippen molar-refractivity contribution in [3.05, 3.63) is 39.1 Å². The van der Waals surface area contributed by atoms with Crippen LogP contribution in [-0.2, 0) is 4.79 Å². The number of allylic oxidation sites excluding steroid dienone is 1. The summed E-state index contributed by atoms with van der Waals surface area (Å²) >= 11 is 9.16. The maximum Gasteiger partial charge on any atom is 0.221 e. The lowest BCUT2D eigenvalue weighted by atomic mass is 10.1. The minimum Gasteiger partial charge on any atom is -0.354 e. The van der Waals surface area contributed by atoms with Crippen LogP contribution in [0.2, 0.25) is 5.02 Å². The maximum atomic E-state index is 11.8.